The Bertz CT molecular complexity index is 968. The molecule has 1 aromatic carbocycles. The highest BCUT2D eigenvalue weighted by molar-refractivity contribution is 7.14. The molecule has 0 aliphatic carbocycles. The van der Waals surface area contributed by atoms with E-state index >= 15 is 0 Å². The molecule has 9 nitrogen and oxygen atoms in total. The number of ether oxygens (including phenoxy) is 1. The normalized spacial score (nSPS) is 15.3. The fourth-order valence-corrected chi connectivity index (χ4v) is 3.22. The number of halogens is 1. The van der Waals surface area contributed by atoms with Crippen molar-refractivity contribution in [2.24, 2.45) is 5.10 Å². The van der Waals surface area contributed by atoms with Gasteiger partial charge in [-0.05, 0) is 17.7 Å². The average Bonchev–Trinajstić information content (AvgIpc) is 3.33. The molecule has 2 aromatic heterocycles. The summed E-state index contributed by atoms with van der Waals surface area (Å²) in [6.07, 6.45) is 1.55. The lowest BCUT2D eigenvalue weighted by molar-refractivity contribution is 0.0297. The fourth-order valence-electron chi connectivity index (χ4n) is 2.67. The molecule has 0 spiro atoms. The Morgan fingerprint density at radius 1 is 1.32 bits per heavy atom. The molecule has 0 amide bonds. The minimum absolute atomic E-state index is 0.205. The lowest BCUT2D eigenvalue weighted by Gasteiger charge is -2.24. The zero-order valence-electron chi connectivity index (χ0n) is 14.8. The summed E-state index contributed by atoms with van der Waals surface area (Å²) in [6, 6.07) is 4.56. The number of anilines is 2. The summed E-state index contributed by atoms with van der Waals surface area (Å²) in [5, 5.41) is 10.3. The molecule has 1 fully saturated rings. The number of hydrogen-bond donors (Lipinski definition) is 2. The fraction of sp³-hybridized carbons (Fsp3) is 0.294. The van der Waals surface area contributed by atoms with Gasteiger partial charge in [-0.25, -0.2) is 9.37 Å². The number of hydrogen-bond acceptors (Lipinski definition) is 10. The predicted octanol–water partition coefficient (Wildman–Crippen LogP) is 2.19. The Morgan fingerprint density at radius 2 is 2.18 bits per heavy atom. The van der Waals surface area contributed by atoms with Crippen LogP contribution in [0, 0.1) is 5.82 Å². The van der Waals surface area contributed by atoms with Crippen LogP contribution in [0.25, 0.3) is 11.4 Å². The Morgan fingerprint density at radius 3 is 2.96 bits per heavy atom. The van der Waals surface area contributed by atoms with Crippen LogP contribution in [0.3, 0.4) is 0 Å². The second kappa shape index (κ2) is 8.42. The van der Waals surface area contributed by atoms with Gasteiger partial charge < -0.3 is 15.0 Å². The highest BCUT2D eigenvalue weighted by atomic mass is 32.1. The van der Waals surface area contributed by atoms with Gasteiger partial charge in [0.1, 0.15) is 11.6 Å². The van der Waals surface area contributed by atoms with Gasteiger partial charge in [0, 0.05) is 18.5 Å². The van der Waals surface area contributed by atoms with E-state index in [0.717, 1.165) is 13.1 Å². The third kappa shape index (κ3) is 4.50. The van der Waals surface area contributed by atoms with E-state index in [-0.39, 0.29) is 11.4 Å². The number of hydrazone groups is 1. The molecular weight excluding hydrogens is 385 g/mol. The summed E-state index contributed by atoms with van der Waals surface area (Å²) in [5.74, 6) is 0.642. The molecule has 0 bridgehead atoms. The number of nitrogens with one attached hydrogen (secondary N) is 1. The smallest absolute Gasteiger partial charge is 0.241 e. The first-order valence-electron chi connectivity index (χ1n) is 8.60. The van der Waals surface area contributed by atoms with E-state index in [2.05, 4.69) is 30.6 Å². The summed E-state index contributed by atoms with van der Waals surface area (Å²) in [6.45, 7) is 3.47. The largest absolute Gasteiger partial charge is 0.383 e. The van der Waals surface area contributed by atoms with Crippen molar-refractivity contribution in [1.29, 1.82) is 0 Å². The molecule has 28 heavy (non-hydrogen) atoms. The van der Waals surface area contributed by atoms with Crippen molar-refractivity contribution < 1.29 is 13.7 Å². The monoisotopic (exact) mass is 403 g/mol. The van der Waals surface area contributed by atoms with Crippen molar-refractivity contribution in [3.05, 3.63) is 40.9 Å². The Balaban J connectivity index is 1.46. The molecule has 1 saturated heterocycles. The van der Waals surface area contributed by atoms with Crippen molar-refractivity contribution in [3.63, 3.8) is 0 Å². The van der Waals surface area contributed by atoms with Crippen LogP contribution < -0.4 is 11.2 Å². The molecule has 0 saturated carbocycles. The first kappa shape index (κ1) is 18.5. The average molecular weight is 403 g/mol. The summed E-state index contributed by atoms with van der Waals surface area (Å²) < 4.78 is 24.9. The van der Waals surface area contributed by atoms with Crippen LogP contribution in [0.2, 0.25) is 0 Å². The van der Waals surface area contributed by atoms with Gasteiger partial charge in [-0.1, -0.05) is 11.2 Å². The van der Waals surface area contributed by atoms with E-state index < -0.39 is 5.82 Å². The van der Waals surface area contributed by atoms with Gasteiger partial charge in [0.2, 0.25) is 16.8 Å². The first-order chi connectivity index (χ1) is 13.7. The zero-order valence-corrected chi connectivity index (χ0v) is 15.7. The molecular formula is C17H18FN7O2S. The maximum Gasteiger partial charge on any atom is 0.241 e. The van der Waals surface area contributed by atoms with Crippen molar-refractivity contribution in [1.82, 2.24) is 20.0 Å². The van der Waals surface area contributed by atoms with Gasteiger partial charge in [-0.3, -0.25) is 10.3 Å². The number of nitrogens with zero attached hydrogens (tertiary/aromatic N) is 5. The van der Waals surface area contributed by atoms with E-state index in [9.17, 15) is 4.39 Å². The minimum Gasteiger partial charge on any atom is -0.383 e. The van der Waals surface area contributed by atoms with E-state index in [1.165, 1.54) is 17.4 Å². The number of benzene rings is 1. The lowest BCUT2D eigenvalue weighted by Crippen LogP contribution is -2.35. The van der Waals surface area contributed by atoms with Gasteiger partial charge in [0.15, 0.2) is 0 Å². The van der Waals surface area contributed by atoms with Crippen LogP contribution in [0.15, 0.2) is 33.2 Å². The molecule has 146 valence electrons. The molecule has 0 radical (unpaired) electrons. The molecule has 3 N–H and O–H groups in total. The quantitative estimate of drug-likeness (QED) is 0.475. The molecule has 11 heteroatoms. The van der Waals surface area contributed by atoms with Crippen LogP contribution in [0.5, 0.6) is 0 Å². The van der Waals surface area contributed by atoms with Gasteiger partial charge in [0.25, 0.3) is 0 Å². The van der Waals surface area contributed by atoms with Crippen LogP contribution >= 0.6 is 11.3 Å². The SMILES string of the molecule is Nc1csc(NN=Cc2ccc(F)c(-c3noc(CN4CCOCC4)n3)c2)n1. The maximum atomic E-state index is 14.3. The summed E-state index contributed by atoms with van der Waals surface area (Å²) >= 11 is 1.34. The molecule has 0 unspecified atom stereocenters. The highest BCUT2D eigenvalue weighted by Crippen LogP contribution is 2.22. The van der Waals surface area contributed by atoms with Gasteiger partial charge in [-0.15, -0.1) is 11.3 Å². The molecule has 0 atom stereocenters. The van der Waals surface area contributed by atoms with E-state index in [4.69, 9.17) is 15.0 Å². The number of morpholine rings is 1. The number of nitrogen functional groups attached to an aromatic ring is 1. The second-order valence-corrected chi connectivity index (χ2v) is 6.95. The number of rotatable bonds is 6. The van der Waals surface area contributed by atoms with Gasteiger partial charge >= 0.3 is 0 Å². The van der Waals surface area contributed by atoms with Crippen LogP contribution in [-0.2, 0) is 11.3 Å². The van der Waals surface area contributed by atoms with Crippen molar-refractivity contribution in [2.45, 2.75) is 6.54 Å². The molecule has 1 aliphatic rings. The number of aromatic nitrogens is 3. The Labute approximate surface area is 164 Å². The van der Waals surface area contributed by atoms with E-state index in [1.807, 2.05) is 0 Å². The number of thiazole rings is 1. The minimum atomic E-state index is -0.434. The Kier molecular flexibility index (Phi) is 5.55. The van der Waals surface area contributed by atoms with Crippen LogP contribution in [-0.4, -0.2) is 52.5 Å². The summed E-state index contributed by atoms with van der Waals surface area (Å²) in [5.41, 5.74) is 9.26. The summed E-state index contributed by atoms with van der Waals surface area (Å²) in [7, 11) is 0. The molecule has 3 heterocycles. The maximum absolute atomic E-state index is 14.3. The third-order valence-corrected chi connectivity index (χ3v) is 4.82. The van der Waals surface area contributed by atoms with E-state index in [1.54, 1.807) is 23.7 Å². The third-order valence-electron chi connectivity index (χ3n) is 4.06. The van der Waals surface area contributed by atoms with Crippen molar-refractivity contribution >= 4 is 28.5 Å². The van der Waals surface area contributed by atoms with Crippen molar-refractivity contribution in [2.75, 3.05) is 37.5 Å². The number of nitrogens with two attached hydrogens (primary N) is 1. The molecule has 3 aromatic rings. The predicted molar refractivity (Wildman–Crippen MR) is 104 cm³/mol. The summed E-state index contributed by atoms with van der Waals surface area (Å²) in [4.78, 5) is 10.5. The zero-order chi connectivity index (χ0) is 19.3. The van der Waals surface area contributed by atoms with Gasteiger partial charge in [-0.2, -0.15) is 10.1 Å². The van der Waals surface area contributed by atoms with E-state index in [0.29, 0.717) is 42.2 Å². The Hall–Kier alpha value is -2.89. The topological polar surface area (TPSA) is 115 Å². The standard InChI is InChI=1S/C17H18FN7O2S/c18-13-2-1-11(8-20-23-17-21-14(19)10-28-17)7-12(13)16-22-15(27-24-16)9-25-3-5-26-6-4-25/h1-2,7-8,10H,3-6,9,19H2,(H,21,23). The highest BCUT2D eigenvalue weighted by Gasteiger charge is 2.17. The second-order valence-electron chi connectivity index (χ2n) is 6.09. The molecule has 4 rings (SSSR count). The molecule has 1 aliphatic heterocycles. The van der Waals surface area contributed by atoms with Crippen LogP contribution in [0.1, 0.15) is 11.5 Å². The lowest BCUT2D eigenvalue weighted by atomic mass is 10.1. The van der Waals surface area contributed by atoms with Crippen molar-refractivity contribution in [3.8, 4) is 11.4 Å². The first-order valence-corrected chi connectivity index (χ1v) is 9.48. The van der Waals surface area contributed by atoms with Crippen LogP contribution in [0.4, 0.5) is 15.3 Å². The van der Waals surface area contributed by atoms with Gasteiger partial charge in [0.05, 0.1) is 31.5 Å².